The molecule has 1 heterocycles. The fraction of sp³-hybridized carbons (Fsp3) is 0.273. The summed E-state index contributed by atoms with van der Waals surface area (Å²) in [5, 5.41) is 5.42. The van der Waals surface area contributed by atoms with E-state index in [2.05, 4.69) is 10.6 Å². The van der Waals surface area contributed by atoms with Crippen molar-refractivity contribution in [2.45, 2.75) is 13.8 Å². The molecule has 1 aliphatic rings. The Morgan fingerprint density at radius 2 is 1.94 bits per heavy atom. The van der Waals surface area contributed by atoms with E-state index in [-0.39, 0.29) is 35.5 Å². The van der Waals surface area contributed by atoms with E-state index in [4.69, 9.17) is 9.47 Å². The van der Waals surface area contributed by atoms with Crippen molar-refractivity contribution in [3.63, 3.8) is 0 Å². The van der Waals surface area contributed by atoms with E-state index in [0.29, 0.717) is 11.4 Å². The summed E-state index contributed by atoms with van der Waals surface area (Å²) in [6, 6.07) is 10.3. The van der Waals surface area contributed by atoms with Gasteiger partial charge in [-0.2, -0.15) is 0 Å². The van der Waals surface area contributed by atoms with E-state index in [1.165, 1.54) is 6.07 Å². The quantitative estimate of drug-likeness (QED) is 0.478. The first-order valence-electron chi connectivity index (χ1n) is 9.52. The van der Waals surface area contributed by atoms with Gasteiger partial charge in [0.2, 0.25) is 5.91 Å². The number of fused-ring (bicyclic) bond motifs is 1. The molecule has 0 saturated carbocycles. The lowest BCUT2D eigenvalue weighted by Gasteiger charge is -2.18. The number of rotatable bonds is 8. The highest BCUT2D eigenvalue weighted by atomic mass is 32.2. The lowest BCUT2D eigenvalue weighted by molar-refractivity contribution is -0.139. The number of anilines is 2. The first-order chi connectivity index (χ1) is 14.8. The van der Waals surface area contributed by atoms with Crippen LogP contribution >= 0.6 is 11.8 Å². The first-order valence-corrected chi connectivity index (χ1v) is 10.7. The number of esters is 1. The zero-order valence-corrected chi connectivity index (χ0v) is 18.0. The summed E-state index contributed by atoms with van der Waals surface area (Å²) in [4.78, 5) is 47.6. The average molecular weight is 442 g/mol. The van der Waals surface area contributed by atoms with Gasteiger partial charge in [-0.25, -0.2) is 0 Å². The van der Waals surface area contributed by atoms with Crippen molar-refractivity contribution < 1.29 is 28.7 Å². The number of thioether (sulfide) groups is 1. The van der Waals surface area contributed by atoms with Gasteiger partial charge in [0.05, 0.1) is 17.2 Å². The van der Waals surface area contributed by atoms with Gasteiger partial charge in [-0.05, 0) is 43.7 Å². The number of hydrogen-bond donors (Lipinski definition) is 2. The topological polar surface area (TPSA) is 111 Å². The highest BCUT2D eigenvalue weighted by molar-refractivity contribution is 8.00. The molecule has 2 N–H and O–H groups in total. The van der Waals surface area contributed by atoms with Crippen molar-refractivity contribution in [3.05, 3.63) is 53.1 Å². The number of Topliss-reactive ketones (excluding diaryl/α,β-unsaturated/α-hetero) is 1. The number of amides is 2. The third kappa shape index (κ3) is 6.32. The van der Waals surface area contributed by atoms with Gasteiger partial charge in [0, 0.05) is 11.3 Å². The van der Waals surface area contributed by atoms with Crippen molar-refractivity contribution in [1.82, 2.24) is 0 Å². The fourth-order valence-electron chi connectivity index (χ4n) is 2.89. The van der Waals surface area contributed by atoms with E-state index in [1.54, 1.807) is 12.1 Å². The van der Waals surface area contributed by atoms with Crippen LogP contribution in [0, 0.1) is 13.8 Å². The van der Waals surface area contributed by atoms with Gasteiger partial charge in [0.1, 0.15) is 5.75 Å². The number of ketones is 1. The summed E-state index contributed by atoms with van der Waals surface area (Å²) in [6.07, 6.45) is 0. The Morgan fingerprint density at radius 3 is 2.71 bits per heavy atom. The van der Waals surface area contributed by atoms with Gasteiger partial charge in [0.25, 0.3) is 5.91 Å². The third-order valence-corrected chi connectivity index (χ3v) is 5.31. The van der Waals surface area contributed by atoms with Crippen LogP contribution in [0.3, 0.4) is 0 Å². The molecule has 0 bridgehead atoms. The van der Waals surface area contributed by atoms with Crippen molar-refractivity contribution in [2.75, 3.05) is 35.4 Å². The average Bonchev–Trinajstić information content (AvgIpc) is 2.73. The highest BCUT2D eigenvalue weighted by Crippen LogP contribution is 2.28. The second-order valence-corrected chi connectivity index (χ2v) is 7.98. The SMILES string of the molecule is Cc1ccc(NC(=O)CSCC(=O)OCC(=O)c2ccc3c(c2)NC(=O)CO3)c(C)c1. The lowest BCUT2D eigenvalue weighted by Crippen LogP contribution is -2.25. The Morgan fingerprint density at radius 1 is 1.13 bits per heavy atom. The van der Waals surface area contributed by atoms with Gasteiger partial charge in [-0.1, -0.05) is 17.7 Å². The largest absolute Gasteiger partial charge is 0.482 e. The predicted octanol–water partition coefficient (Wildman–Crippen LogP) is 2.73. The summed E-state index contributed by atoms with van der Waals surface area (Å²) in [6.45, 7) is 3.39. The first kappa shape index (κ1) is 22.4. The highest BCUT2D eigenvalue weighted by Gasteiger charge is 2.18. The van der Waals surface area contributed by atoms with Crippen molar-refractivity contribution in [2.24, 2.45) is 0 Å². The number of aryl methyl sites for hydroxylation is 2. The molecule has 162 valence electrons. The van der Waals surface area contributed by atoms with E-state index in [0.717, 1.165) is 28.6 Å². The Balaban J connectivity index is 1.40. The monoisotopic (exact) mass is 442 g/mol. The maximum atomic E-state index is 12.3. The molecule has 1 aliphatic heterocycles. The maximum absolute atomic E-state index is 12.3. The van der Waals surface area contributed by atoms with Gasteiger partial charge in [-0.15, -0.1) is 11.8 Å². The number of carbonyl (C=O) groups is 4. The summed E-state index contributed by atoms with van der Waals surface area (Å²) in [5.74, 6) is -1.02. The zero-order valence-electron chi connectivity index (χ0n) is 17.2. The van der Waals surface area contributed by atoms with Crippen LogP contribution in [0.2, 0.25) is 0 Å². The van der Waals surface area contributed by atoms with E-state index in [9.17, 15) is 19.2 Å². The number of ether oxygens (including phenoxy) is 2. The van der Waals surface area contributed by atoms with Crippen LogP contribution in [0.15, 0.2) is 36.4 Å². The number of hydrogen-bond acceptors (Lipinski definition) is 7. The molecule has 8 nitrogen and oxygen atoms in total. The Labute approximate surface area is 183 Å². The molecular weight excluding hydrogens is 420 g/mol. The molecule has 9 heteroatoms. The van der Waals surface area contributed by atoms with Gasteiger partial charge in [-0.3, -0.25) is 19.2 Å². The number of benzene rings is 2. The molecule has 0 fully saturated rings. The normalized spacial score (nSPS) is 12.3. The molecule has 0 radical (unpaired) electrons. The van der Waals surface area contributed by atoms with Crippen molar-refractivity contribution in [1.29, 1.82) is 0 Å². The molecule has 0 aromatic heterocycles. The fourth-order valence-corrected chi connectivity index (χ4v) is 3.50. The zero-order chi connectivity index (χ0) is 22.4. The molecule has 0 aliphatic carbocycles. The minimum Gasteiger partial charge on any atom is -0.482 e. The van der Waals surface area contributed by atoms with E-state index in [1.807, 2.05) is 32.0 Å². The lowest BCUT2D eigenvalue weighted by atomic mass is 10.1. The molecular formula is C22H22N2O6S. The second-order valence-electron chi connectivity index (χ2n) is 6.99. The Hall–Kier alpha value is -3.33. The summed E-state index contributed by atoms with van der Waals surface area (Å²) >= 11 is 1.10. The van der Waals surface area contributed by atoms with Gasteiger partial charge in [0.15, 0.2) is 19.0 Å². The molecule has 0 saturated heterocycles. The van der Waals surface area contributed by atoms with Crippen molar-refractivity contribution in [3.8, 4) is 5.75 Å². The minimum atomic E-state index is -0.590. The Kier molecular flexibility index (Phi) is 7.30. The molecule has 31 heavy (non-hydrogen) atoms. The van der Waals surface area contributed by atoms with Crippen LogP contribution in [-0.4, -0.2) is 48.3 Å². The minimum absolute atomic E-state index is 0.0539. The molecule has 0 atom stereocenters. The molecule has 3 rings (SSSR count). The maximum Gasteiger partial charge on any atom is 0.316 e. The van der Waals surface area contributed by atoms with Crippen molar-refractivity contribution >= 4 is 46.7 Å². The summed E-state index contributed by atoms with van der Waals surface area (Å²) in [5.41, 5.74) is 3.49. The van der Waals surface area contributed by atoms with Crippen LogP contribution in [-0.2, 0) is 19.1 Å². The summed E-state index contributed by atoms with van der Waals surface area (Å²) < 4.78 is 10.2. The molecule has 0 spiro atoms. The molecule has 2 aromatic rings. The molecule has 2 amide bonds. The van der Waals surface area contributed by atoms with Crippen LogP contribution in [0.25, 0.3) is 0 Å². The number of carbonyl (C=O) groups excluding carboxylic acids is 4. The smallest absolute Gasteiger partial charge is 0.316 e. The van der Waals surface area contributed by atoms with Crippen LogP contribution < -0.4 is 15.4 Å². The van der Waals surface area contributed by atoms with E-state index < -0.39 is 18.4 Å². The predicted molar refractivity (Wildman–Crippen MR) is 118 cm³/mol. The van der Waals surface area contributed by atoms with Crippen LogP contribution in [0.4, 0.5) is 11.4 Å². The Bertz CT molecular complexity index is 1040. The third-order valence-electron chi connectivity index (χ3n) is 4.41. The second kappa shape index (κ2) is 10.1. The molecule has 0 unspecified atom stereocenters. The van der Waals surface area contributed by atoms with Crippen LogP contribution in [0.5, 0.6) is 5.75 Å². The molecule has 2 aromatic carbocycles. The summed E-state index contributed by atoms with van der Waals surface area (Å²) in [7, 11) is 0. The van der Waals surface area contributed by atoms with Gasteiger partial charge < -0.3 is 20.1 Å². The standard InChI is InChI=1S/C22H22N2O6S/c1-13-3-5-16(14(2)7-13)23-21(27)11-31-12-22(28)30-9-18(25)15-4-6-19-17(8-15)24-20(26)10-29-19/h3-8H,9-12H2,1-2H3,(H,23,27)(H,24,26). The van der Waals surface area contributed by atoms with Crippen LogP contribution in [0.1, 0.15) is 21.5 Å². The van der Waals surface area contributed by atoms with Gasteiger partial charge >= 0.3 is 5.97 Å². The number of nitrogens with one attached hydrogen (secondary N) is 2. The van der Waals surface area contributed by atoms with E-state index >= 15 is 0 Å².